The highest BCUT2D eigenvalue weighted by Crippen LogP contribution is 2.25. The smallest absolute Gasteiger partial charge is 0.137 e. The Kier molecular flexibility index (Phi) is 5.02. The van der Waals surface area contributed by atoms with Gasteiger partial charge in [-0.25, -0.2) is 0 Å². The summed E-state index contributed by atoms with van der Waals surface area (Å²) in [5.41, 5.74) is 2.17. The van der Waals surface area contributed by atoms with Crippen molar-refractivity contribution in [1.82, 2.24) is 4.31 Å². The first kappa shape index (κ1) is 16.4. The molecule has 4 heteroatoms. The average molecular weight is 307 g/mol. The minimum Gasteiger partial charge on any atom is -0.598 e. The van der Waals surface area contributed by atoms with E-state index in [4.69, 9.17) is 4.42 Å². The Morgan fingerprint density at radius 1 is 1.29 bits per heavy atom. The van der Waals surface area contributed by atoms with E-state index >= 15 is 0 Å². The Bertz CT molecular complexity index is 588. The lowest BCUT2D eigenvalue weighted by molar-refractivity contribution is 0.345. The van der Waals surface area contributed by atoms with Gasteiger partial charge in [-0.15, -0.1) is 4.31 Å². The van der Waals surface area contributed by atoms with Crippen molar-refractivity contribution in [2.45, 2.75) is 51.3 Å². The van der Waals surface area contributed by atoms with Gasteiger partial charge in [0.2, 0.25) is 0 Å². The minimum atomic E-state index is -0.990. The third kappa shape index (κ3) is 3.82. The molecule has 0 spiro atoms. The van der Waals surface area contributed by atoms with Crippen LogP contribution < -0.4 is 0 Å². The third-order valence-corrected chi connectivity index (χ3v) is 5.63. The lowest BCUT2D eigenvalue weighted by Gasteiger charge is -2.34. The van der Waals surface area contributed by atoms with E-state index in [0.717, 1.165) is 23.8 Å². The largest absolute Gasteiger partial charge is 0.598 e. The lowest BCUT2D eigenvalue weighted by Crippen LogP contribution is -2.46. The van der Waals surface area contributed by atoms with Crippen LogP contribution in [0.1, 0.15) is 39.7 Å². The van der Waals surface area contributed by atoms with Crippen molar-refractivity contribution in [2.24, 2.45) is 0 Å². The van der Waals surface area contributed by atoms with Crippen LogP contribution in [0.2, 0.25) is 0 Å². The van der Waals surface area contributed by atoms with Crippen molar-refractivity contribution >= 4 is 22.3 Å². The second-order valence-corrected chi connectivity index (χ2v) is 8.77. The van der Waals surface area contributed by atoms with E-state index in [1.807, 2.05) is 44.3 Å². The third-order valence-electron chi connectivity index (χ3n) is 3.76. The number of benzene rings is 1. The zero-order valence-electron chi connectivity index (χ0n) is 13.6. The molecule has 0 bridgehead atoms. The van der Waals surface area contributed by atoms with Gasteiger partial charge in [-0.05, 0) is 57.4 Å². The first-order valence-electron chi connectivity index (χ1n) is 7.44. The SMILES string of the molecule is CCC(Cc1ccc2occc2c1)N(C)[S+]([O-])C(C)(C)C. The molecule has 0 saturated heterocycles. The first-order valence-corrected chi connectivity index (χ1v) is 8.54. The van der Waals surface area contributed by atoms with Crippen molar-refractivity contribution in [1.29, 1.82) is 0 Å². The monoisotopic (exact) mass is 307 g/mol. The van der Waals surface area contributed by atoms with Crippen LogP contribution in [0, 0.1) is 0 Å². The lowest BCUT2D eigenvalue weighted by atomic mass is 10.0. The molecule has 0 saturated carbocycles. The highest BCUT2D eigenvalue weighted by Gasteiger charge is 2.34. The van der Waals surface area contributed by atoms with Crippen LogP contribution in [0.25, 0.3) is 11.0 Å². The van der Waals surface area contributed by atoms with Crippen LogP contribution in [-0.2, 0) is 17.8 Å². The molecule has 3 nitrogen and oxygen atoms in total. The normalized spacial score (nSPS) is 15.6. The molecule has 1 aromatic carbocycles. The van der Waals surface area contributed by atoms with Crippen LogP contribution >= 0.6 is 0 Å². The Hall–Kier alpha value is -0.970. The first-order chi connectivity index (χ1) is 9.82. The predicted octanol–water partition coefficient (Wildman–Crippen LogP) is 4.15. The van der Waals surface area contributed by atoms with Crippen molar-refractivity contribution < 1.29 is 8.97 Å². The number of furan rings is 1. The van der Waals surface area contributed by atoms with Gasteiger partial charge in [-0.3, -0.25) is 0 Å². The summed E-state index contributed by atoms with van der Waals surface area (Å²) in [6, 6.07) is 8.53. The van der Waals surface area contributed by atoms with Crippen molar-refractivity contribution in [3.05, 3.63) is 36.1 Å². The summed E-state index contributed by atoms with van der Waals surface area (Å²) in [5.74, 6) is 0. The number of likely N-dealkylation sites (N-methyl/N-ethyl adjacent to an activating group) is 1. The Morgan fingerprint density at radius 3 is 2.62 bits per heavy atom. The molecule has 2 rings (SSSR count). The molecule has 0 amide bonds. The van der Waals surface area contributed by atoms with Crippen LogP contribution in [0.15, 0.2) is 34.9 Å². The fraction of sp³-hybridized carbons (Fsp3) is 0.529. The molecule has 2 atom stereocenters. The van der Waals surface area contributed by atoms with Gasteiger partial charge in [0.15, 0.2) is 0 Å². The second-order valence-electron chi connectivity index (χ2n) is 6.47. The standard InChI is InChI=1S/C17H25NO2S/c1-6-15(18(5)21(19)17(2,3)4)12-13-7-8-16-14(11-13)9-10-20-16/h7-11,15H,6,12H2,1-5H3. The Balaban J connectivity index is 2.14. The Labute approximate surface area is 130 Å². The van der Waals surface area contributed by atoms with Gasteiger partial charge in [0.05, 0.1) is 12.3 Å². The molecule has 0 aliphatic carbocycles. The predicted molar refractivity (Wildman–Crippen MR) is 89.7 cm³/mol. The molecule has 0 aliphatic rings. The summed E-state index contributed by atoms with van der Waals surface area (Å²) >= 11 is -0.990. The van der Waals surface area contributed by atoms with E-state index < -0.39 is 11.4 Å². The van der Waals surface area contributed by atoms with E-state index in [-0.39, 0.29) is 10.8 Å². The highest BCUT2D eigenvalue weighted by atomic mass is 32.2. The van der Waals surface area contributed by atoms with Crippen LogP contribution in [0.4, 0.5) is 0 Å². The maximum atomic E-state index is 12.5. The molecule has 0 radical (unpaired) electrons. The molecule has 21 heavy (non-hydrogen) atoms. The fourth-order valence-corrected chi connectivity index (χ4v) is 3.87. The molecular formula is C17H25NO2S. The molecule has 0 aliphatic heterocycles. The molecule has 1 heterocycles. The van der Waals surface area contributed by atoms with Crippen molar-refractivity contribution in [3.8, 4) is 0 Å². The fourth-order valence-electron chi connectivity index (χ4n) is 2.51. The number of hydrogen-bond donors (Lipinski definition) is 0. The highest BCUT2D eigenvalue weighted by molar-refractivity contribution is 7.90. The Morgan fingerprint density at radius 2 is 2.00 bits per heavy atom. The summed E-state index contributed by atoms with van der Waals surface area (Å²) in [4.78, 5) is 0. The zero-order valence-corrected chi connectivity index (χ0v) is 14.4. The maximum absolute atomic E-state index is 12.5. The summed E-state index contributed by atoms with van der Waals surface area (Å²) in [7, 11) is 1.96. The van der Waals surface area contributed by atoms with Gasteiger partial charge in [0.1, 0.15) is 10.3 Å². The van der Waals surface area contributed by atoms with Crippen LogP contribution in [-0.4, -0.2) is 26.7 Å². The van der Waals surface area contributed by atoms with E-state index in [9.17, 15) is 4.55 Å². The minimum absolute atomic E-state index is 0.226. The number of rotatable bonds is 5. The molecule has 2 aromatic rings. The molecular weight excluding hydrogens is 282 g/mol. The topological polar surface area (TPSA) is 39.4 Å². The molecule has 0 fully saturated rings. The van der Waals surface area contributed by atoms with Crippen molar-refractivity contribution in [2.75, 3.05) is 7.05 Å². The van der Waals surface area contributed by atoms with E-state index in [2.05, 4.69) is 19.1 Å². The van der Waals surface area contributed by atoms with Gasteiger partial charge in [0.25, 0.3) is 0 Å². The van der Waals surface area contributed by atoms with E-state index in [1.54, 1.807) is 6.26 Å². The second kappa shape index (κ2) is 6.42. The van der Waals surface area contributed by atoms with E-state index in [1.165, 1.54) is 5.56 Å². The molecule has 116 valence electrons. The van der Waals surface area contributed by atoms with Gasteiger partial charge in [-0.2, -0.15) is 0 Å². The molecule has 1 aromatic heterocycles. The van der Waals surface area contributed by atoms with E-state index in [0.29, 0.717) is 0 Å². The maximum Gasteiger partial charge on any atom is 0.137 e. The zero-order chi connectivity index (χ0) is 15.6. The van der Waals surface area contributed by atoms with Gasteiger partial charge < -0.3 is 8.97 Å². The van der Waals surface area contributed by atoms with Crippen LogP contribution in [0.5, 0.6) is 0 Å². The number of fused-ring (bicyclic) bond motifs is 1. The van der Waals surface area contributed by atoms with Crippen molar-refractivity contribution in [3.63, 3.8) is 0 Å². The number of nitrogens with zero attached hydrogens (tertiary/aromatic N) is 1. The summed E-state index contributed by atoms with van der Waals surface area (Å²) in [6.45, 7) is 8.20. The molecule has 2 unspecified atom stereocenters. The van der Waals surface area contributed by atoms with Gasteiger partial charge >= 0.3 is 0 Å². The molecule has 0 N–H and O–H groups in total. The summed E-state index contributed by atoms with van der Waals surface area (Å²) in [5, 5.41) is 1.13. The quantitative estimate of drug-likeness (QED) is 0.779. The summed E-state index contributed by atoms with van der Waals surface area (Å²) in [6.07, 6.45) is 3.59. The average Bonchev–Trinajstić information content (AvgIpc) is 2.89. The number of hydrogen-bond acceptors (Lipinski definition) is 3. The van der Waals surface area contributed by atoms with Gasteiger partial charge in [-0.1, -0.05) is 13.0 Å². The van der Waals surface area contributed by atoms with Gasteiger partial charge in [0, 0.05) is 23.8 Å². The van der Waals surface area contributed by atoms with Crippen LogP contribution in [0.3, 0.4) is 0 Å². The summed E-state index contributed by atoms with van der Waals surface area (Å²) < 4.78 is 19.7.